The van der Waals surface area contributed by atoms with Crippen molar-refractivity contribution in [1.29, 1.82) is 0 Å². The highest BCUT2D eigenvalue weighted by atomic mass is 35.5. The Morgan fingerprint density at radius 2 is 0.593 bits per heavy atom. The number of rotatable bonds is 2. The molecule has 27 heavy (non-hydrogen) atoms. The van der Waals surface area contributed by atoms with Gasteiger partial charge in [-0.15, -0.1) is 0 Å². The molecule has 2 aromatic rings. The number of imide groups is 1. The van der Waals surface area contributed by atoms with Gasteiger partial charge in [0, 0.05) is 0 Å². The van der Waals surface area contributed by atoms with Crippen molar-refractivity contribution < 1.29 is 9.59 Å². The lowest BCUT2D eigenvalue weighted by Crippen LogP contribution is -2.31. The molecule has 0 saturated heterocycles. The maximum absolute atomic E-state index is 12.5. The van der Waals surface area contributed by atoms with Crippen molar-refractivity contribution >= 4 is 128 Å². The zero-order valence-corrected chi connectivity index (χ0v) is 19.7. The number of nitrogens with one attached hydrogen (secondary N) is 1. The van der Waals surface area contributed by atoms with Crippen LogP contribution < -0.4 is 5.32 Å². The Bertz CT molecular complexity index is 867. The lowest BCUT2D eigenvalue weighted by Gasteiger charge is -2.14. The van der Waals surface area contributed by atoms with Crippen molar-refractivity contribution in [1.82, 2.24) is 5.32 Å². The van der Waals surface area contributed by atoms with Crippen molar-refractivity contribution in [3.05, 3.63) is 61.4 Å². The van der Waals surface area contributed by atoms with E-state index in [1.54, 1.807) is 0 Å². The molecule has 0 aliphatic rings. The van der Waals surface area contributed by atoms with Gasteiger partial charge in [-0.05, 0) is 0 Å². The van der Waals surface area contributed by atoms with Crippen LogP contribution in [-0.4, -0.2) is 11.8 Å². The summed E-state index contributed by atoms with van der Waals surface area (Å²) in [6, 6.07) is 0. The van der Waals surface area contributed by atoms with Crippen LogP contribution in [0, 0.1) is 0 Å². The first-order valence-electron chi connectivity index (χ1n) is 6.30. The standard InChI is InChI=1S/C14HCl10NO2/c15-3-1(4(16)8(20)11(23)7(3)19)13(26)25-14(27)2-5(17)9(21)12(24)10(22)6(2)18/h(H,25,26,27). The van der Waals surface area contributed by atoms with Gasteiger partial charge in [-0.2, -0.15) is 0 Å². The first-order valence-corrected chi connectivity index (χ1v) is 10.1. The average Bonchev–Trinajstić information content (AvgIpc) is 2.61. The van der Waals surface area contributed by atoms with Gasteiger partial charge in [0.2, 0.25) is 0 Å². The number of benzene rings is 2. The summed E-state index contributed by atoms with van der Waals surface area (Å²) in [5, 5.41) is -0.470. The van der Waals surface area contributed by atoms with Crippen LogP contribution in [0.1, 0.15) is 20.7 Å². The van der Waals surface area contributed by atoms with Crippen LogP contribution in [0.15, 0.2) is 0 Å². The molecule has 0 saturated carbocycles. The molecule has 3 nitrogen and oxygen atoms in total. The fourth-order valence-corrected chi connectivity index (χ4v) is 4.46. The summed E-state index contributed by atoms with van der Waals surface area (Å²) in [4.78, 5) is 25.0. The first-order chi connectivity index (χ1) is 12.4. The van der Waals surface area contributed by atoms with E-state index in [-0.39, 0.29) is 61.4 Å². The fourth-order valence-electron chi connectivity index (χ4n) is 1.84. The van der Waals surface area contributed by atoms with Crippen molar-refractivity contribution in [2.45, 2.75) is 0 Å². The Kier molecular flexibility index (Phi) is 8.00. The van der Waals surface area contributed by atoms with Crippen LogP contribution in [0.2, 0.25) is 50.2 Å². The summed E-state index contributed by atoms with van der Waals surface area (Å²) in [6.45, 7) is 0. The van der Waals surface area contributed by atoms with Gasteiger partial charge >= 0.3 is 0 Å². The van der Waals surface area contributed by atoms with E-state index in [1.165, 1.54) is 0 Å². The Morgan fingerprint density at radius 1 is 0.407 bits per heavy atom. The van der Waals surface area contributed by atoms with E-state index in [0.29, 0.717) is 0 Å². The zero-order chi connectivity index (χ0) is 20.8. The Balaban J connectivity index is 2.52. The molecule has 1 N–H and O–H groups in total. The minimum atomic E-state index is -1.05. The molecule has 2 aromatic carbocycles. The molecule has 144 valence electrons. The lowest BCUT2D eigenvalue weighted by atomic mass is 10.1. The van der Waals surface area contributed by atoms with Crippen LogP contribution >= 0.6 is 116 Å². The maximum atomic E-state index is 12.5. The van der Waals surface area contributed by atoms with Gasteiger partial charge in [0.25, 0.3) is 11.8 Å². The summed E-state index contributed by atoms with van der Waals surface area (Å²) in [5.41, 5.74) is -0.769. The largest absolute Gasteiger partial charge is 0.288 e. The van der Waals surface area contributed by atoms with Gasteiger partial charge in [-0.3, -0.25) is 14.9 Å². The maximum Gasteiger partial charge on any atom is 0.261 e. The van der Waals surface area contributed by atoms with Crippen LogP contribution in [0.5, 0.6) is 0 Å². The van der Waals surface area contributed by atoms with Gasteiger partial charge in [0.05, 0.1) is 61.4 Å². The molecule has 0 radical (unpaired) electrons. The predicted molar refractivity (Wildman–Crippen MR) is 115 cm³/mol. The third-order valence-corrected chi connectivity index (χ3v) is 7.65. The van der Waals surface area contributed by atoms with Crippen LogP contribution in [-0.2, 0) is 0 Å². The molecule has 2 amide bonds. The van der Waals surface area contributed by atoms with E-state index in [4.69, 9.17) is 116 Å². The molecule has 0 heterocycles. The molecule has 0 aliphatic heterocycles. The van der Waals surface area contributed by atoms with Crippen molar-refractivity contribution in [3.8, 4) is 0 Å². The second-order valence-corrected chi connectivity index (χ2v) is 8.45. The topological polar surface area (TPSA) is 46.2 Å². The van der Waals surface area contributed by atoms with E-state index in [1.807, 2.05) is 5.32 Å². The number of carbonyl (C=O) groups excluding carboxylic acids is 2. The SMILES string of the molecule is O=C(NC(=O)c1c(Cl)c(Cl)c(Cl)c(Cl)c1Cl)c1c(Cl)c(Cl)c(Cl)c(Cl)c1Cl. The summed E-state index contributed by atoms with van der Waals surface area (Å²) >= 11 is 59.3. The quantitative estimate of drug-likeness (QED) is 0.223. The molecule has 0 atom stereocenters. The molecular formula is C14HCl10NO2. The van der Waals surface area contributed by atoms with Crippen LogP contribution in [0.3, 0.4) is 0 Å². The molecule has 0 unspecified atom stereocenters. The average molecular weight is 570 g/mol. The fraction of sp³-hybridized carbons (Fsp3) is 0. The summed E-state index contributed by atoms with van der Waals surface area (Å²) in [7, 11) is 0. The second-order valence-electron chi connectivity index (χ2n) is 4.67. The number of hydrogen-bond acceptors (Lipinski definition) is 2. The van der Waals surface area contributed by atoms with Gasteiger partial charge in [-0.1, -0.05) is 116 Å². The molecular weight excluding hydrogens is 569 g/mol. The number of halogens is 10. The minimum Gasteiger partial charge on any atom is -0.288 e. The van der Waals surface area contributed by atoms with Gasteiger partial charge in [-0.25, -0.2) is 0 Å². The van der Waals surface area contributed by atoms with Crippen LogP contribution in [0.25, 0.3) is 0 Å². The van der Waals surface area contributed by atoms with Crippen molar-refractivity contribution in [2.75, 3.05) is 0 Å². The van der Waals surface area contributed by atoms with Gasteiger partial charge in [0.15, 0.2) is 0 Å². The molecule has 0 bridgehead atoms. The lowest BCUT2D eigenvalue weighted by molar-refractivity contribution is 0.0849. The summed E-state index contributed by atoms with van der Waals surface area (Å²) in [5.74, 6) is -2.10. The highest BCUT2D eigenvalue weighted by Gasteiger charge is 2.28. The summed E-state index contributed by atoms with van der Waals surface area (Å²) in [6.07, 6.45) is 0. The molecule has 0 aromatic heterocycles. The van der Waals surface area contributed by atoms with E-state index >= 15 is 0 Å². The van der Waals surface area contributed by atoms with E-state index < -0.39 is 11.8 Å². The first kappa shape index (κ1) is 23.8. The van der Waals surface area contributed by atoms with Crippen molar-refractivity contribution in [3.63, 3.8) is 0 Å². The smallest absolute Gasteiger partial charge is 0.261 e. The number of amides is 2. The minimum absolute atomic E-state index is 0.154. The van der Waals surface area contributed by atoms with E-state index in [9.17, 15) is 9.59 Å². The third-order valence-electron chi connectivity index (χ3n) is 3.10. The monoisotopic (exact) mass is 565 g/mol. The number of hydrogen-bond donors (Lipinski definition) is 1. The molecule has 0 aliphatic carbocycles. The predicted octanol–water partition coefficient (Wildman–Crippen LogP) is 8.79. The van der Waals surface area contributed by atoms with Crippen LogP contribution in [0.4, 0.5) is 0 Å². The molecule has 0 fully saturated rings. The van der Waals surface area contributed by atoms with E-state index in [2.05, 4.69) is 0 Å². The van der Waals surface area contributed by atoms with E-state index in [0.717, 1.165) is 0 Å². The highest BCUT2D eigenvalue weighted by molar-refractivity contribution is 6.58. The Morgan fingerprint density at radius 3 is 0.815 bits per heavy atom. The Labute approximate surface area is 202 Å². The van der Waals surface area contributed by atoms with Gasteiger partial charge < -0.3 is 0 Å². The molecule has 0 spiro atoms. The molecule has 13 heteroatoms. The zero-order valence-electron chi connectivity index (χ0n) is 12.1. The second kappa shape index (κ2) is 9.09. The van der Waals surface area contributed by atoms with Gasteiger partial charge in [0.1, 0.15) is 0 Å². The third kappa shape index (κ3) is 4.34. The summed E-state index contributed by atoms with van der Waals surface area (Å²) < 4.78 is 0. The van der Waals surface area contributed by atoms with Crippen molar-refractivity contribution in [2.24, 2.45) is 0 Å². The highest BCUT2D eigenvalue weighted by Crippen LogP contribution is 2.45. The normalized spacial score (nSPS) is 10.9. The number of carbonyl (C=O) groups is 2. The Hall–Kier alpha value is 0.480. The molecule has 2 rings (SSSR count).